The number of benzene rings is 1. The molecule has 0 atom stereocenters. The van der Waals surface area contributed by atoms with Gasteiger partial charge in [-0.2, -0.15) is 0 Å². The third-order valence-corrected chi connectivity index (χ3v) is 1.72. The molecule has 0 aliphatic heterocycles. The summed E-state index contributed by atoms with van der Waals surface area (Å²) in [5.41, 5.74) is 6.01. The lowest BCUT2D eigenvalue weighted by atomic mass is 10.2. The lowest BCUT2D eigenvalue weighted by Gasteiger charge is -2.05. The van der Waals surface area contributed by atoms with Crippen LogP contribution in [-0.2, 0) is 4.74 Å². The minimum atomic E-state index is 0. The number of ether oxygens (including phenoxy) is 2. The molecule has 5 heteroatoms. The highest BCUT2D eigenvalue weighted by molar-refractivity contribution is 5.94. The van der Waals surface area contributed by atoms with Crippen molar-refractivity contribution in [2.45, 2.75) is 0 Å². The Balaban J connectivity index is 0.00000196. The molecule has 0 aliphatic carbocycles. The third kappa shape index (κ3) is 4.67. The number of nitrogens with one attached hydrogen (secondary N) is 1. The summed E-state index contributed by atoms with van der Waals surface area (Å²) in [5.74, 6) is 0.820. The minimum absolute atomic E-state index is 0. The molecule has 0 bridgehead atoms. The van der Waals surface area contributed by atoms with E-state index in [1.54, 1.807) is 31.4 Å². The number of amidine groups is 1. The van der Waals surface area contributed by atoms with E-state index in [2.05, 4.69) is 0 Å². The highest BCUT2D eigenvalue weighted by atomic mass is 35.5. The Kier molecular flexibility index (Phi) is 6.49. The molecule has 1 aromatic carbocycles. The molecule has 0 aliphatic rings. The molecule has 4 nitrogen and oxygen atoms in total. The highest BCUT2D eigenvalue weighted by Gasteiger charge is 1.96. The first-order valence-corrected chi connectivity index (χ1v) is 4.30. The summed E-state index contributed by atoms with van der Waals surface area (Å²) in [7, 11) is 1.63. The van der Waals surface area contributed by atoms with Crippen molar-refractivity contribution in [2.24, 2.45) is 5.73 Å². The summed E-state index contributed by atoms with van der Waals surface area (Å²) in [4.78, 5) is 0. The van der Waals surface area contributed by atoms with Crippen molar-refractivity contribution in [3.63, 3.8) is 0 Å². The summed E-state index contributed by atoms with van der Waals surface area (Å²) in [6, 6.07) is 7.08. The van der Waals surface area contributed by atoms with Gasteiger partial charge in [-0.05, 0) is 24.3 Å². The van der Waals surface area contributed by atoms with Gasteiger partial charge in [0, 0.05) is 12.7 Å². The van der Waals surface area contributed by atoms with Gasteiger partial charge in [0.05, 0.1) is 6.61 Å². The molecule has 84 valence electrons. The maximum atomic E-state index is 7.19. The zero-order valence-electron chi connectivity index (χ0n) is 8.53. The first-order chi connectivity index (χ1) is 6.74. The van der Waals surface area contributed by atoms with Crippen molar-refractivity contribution >= 4 is 18.2 Å². The largest absolute Gasteiger partial charge is 0.491 e. The molecule has 0 saturated carbocycles. The SMILES string of the molecule is COCCOc1ccc(C(=N)N)cc1.Cl. The van der Waals surface area contributed by atoms with Crippen LogP contribution in [0.5, 0.6) is 5.75 Å². The van der Waals surface area contributed by atoms with Crippen LogP contribution in [0.25, 0.3) is 0 Å². The molecule has 0 saturated heterocycles. The lowest BCUT2D eigenvalue weighted by molar-refractivity contribution is 0.146. The van der Waals surface area contributed by atoms with Crippen LogP contribution in [0, 0.1) is 5.41 Å². The van der Waals surface area contributed by atoms with Gasteiger partial charge >= 0.3 is 0 Å². The van der Waals surface area contributed by atoms with E-state index in [0.29, 0.717) is 18.8 Å². The molecule has 3 N–H and O–H groups in total. The van der Waals surface area contributed by atoms with Gasteiger partial charge in [-0.3, -0.25) is 5.41 Å². The van der Waals surface area contributed by atoms with Crippen molar-refractivity contribution in [2.75, 3.05) is 20.3 Å². The van der Waals surface area contributed by atoms with E-state index in [1.807, 2.05) is 0 Å². The Labute approximate surface area is 95.3 Å². The van der Waals surface area contributed by atoms with Gasteiger partial charge in [-0.15, -0.1) is 12.4 Å². The Morgan fingerprint density at radius 1 is 1.27 bits per heavy atom. The van der Waals surface area contributed by atoms with Crippen molar-refractivity contribution in [1.82, 2.24) is 0 Å². The maximum Gasteiger partial charge on any atom is 0.122 e. The van der Waals surface area contributed by atoms with Crippen LogP contribution in [0.15, 0.2) is 24.3 Å². The number of hydrogen-bond donors (Lipinski definition) is 2. The fraction of sp³-hybridized carbons (Fsp3) is 0.300. The van der Waals surface area contributed by atoms with E-state index < -0.39 is 0 Å². The Hall–Kier alpha value is -1.26. The predicted octanol–water partition coefficient (Wildman–Crippen LogP) is 1.42. The molecular weight excluding hydrogens is 216 g/mol. The van der Waals surface area contributed by atoms with Crippen LogP contribution < -0.4 is 10.5 Å². The second-order valence-electron chi connectivity index (χ2n) is 2.78. The molecule has 0 spiro atoms. The van der Waals surface area contributed by atoms with E-state index in [4.69, 9.17) is 20.6 Å². The predicted molar refractivity (Wildman–Crippen MR) is 62.1 cm³/mol. The normalized spacial score (nSPS) is 9.13. The molecule has 1 aromatic rings. The summed E-state index contributed by atoms with van der Waals surface area (Å²) < 4.78 is 10.2. The van der Waals surface area contributed by atoms with Gasteiger partial charge in [-0.1, -0.05) is 0 Å². The second-order valence-corrected chi connectivity index (χ2v) is 2.78. The van der Waals surface area contributed by atoms with Gasteiger partial charge < -0.3 is 15.2 Å². The first kappa shape index (κ1) is 13.7. The molecule has 0 radical (unpaired) electrons. The number of methoxy groups -OCH3 is 1. The number of hydrogen-bond acceptors (Lipinski definition) is 3. The zero-order valence-corrected chi connectivity index (χ0v) is 9.34. The van der Waals surface area contributed by atoms with Gasteiger partial charge in [0.1, 0.15) is 18.2 Å². The fourth-order valence-corrected chi connectivity index (χ4v) is 0.974. The molecule has 0 unspecified atom stereocenters. The Bertz CT molecular complexity index is 301. The quantitative estimate of drug-likeness (QED) is 0.457. The van der Waals surface area contributed by atoms with E-state index >= 15 is 0 Å². The number of rotatable bonds is 5. The summed E-state index contributed by atoms with van der Waals surface area (Å²) in [6.45, 7) is 1.09. The molecule has 0 heterocycles. The number of nitrogen functional groups attached to an aromatic ring is 1. The van der Waals surface area contributed by atoms with Gasteiger partial charge in [0.25, 0.3) is 0 Å². The molecular formula is C10H15ClN2O2. The summed E-state index contributed by atoms with van der Waals surface area (Å²) in [6.07, 6.45) is 0. The van der Waals surface area contributed by atoms with E-state index in [9.17, 15) is 0 Å². The fourth-order valence-electron chi connectivity index (χ4n) is 0.974. The number of nitrogens with two attached hydrogens (primary N) is 1. The maximum absolute atomic E-state index is 7.19. The van der Waals surface area contributed by atoms with Crippen LogP contribution in [0.2, 0.25) is 0 Å². The Morgan fingerprint density at radius 2 is 1.87 bits per heavy atom. The molecule has 0 fully saturated rings. The average molecular weight is 231 g/mol. The monoisotopic (exact) mass is 230 g/mol. The van der Waals surface area contributed by atoms with Crippen LogP contribution >= 0.6 is 12.4 Å². The molecule has 15 heavy (non-hydrogen) atoms. The van der Waals surface area contributed by atoms with Crippen LogP contribution in [0.1, 0.15) is 5.56 Å². The van der Waals surface area contributed by atoms with Crippen molar-refractivity contribution in [3.05, 3.63) is 29.8 Å². The summed E-state index contributed by atoms with van der Waals surface area (Å²) >= 11 is 0. The van der Waals surface area contributed by atoms with Gasteiger partial charge in [0.2, 0.25) is 0 Å². The van der Waals surface area contributed by atoms with Crippen LogP contribution in [0.4, 0.5) is 0 Å². The van der Waals surface area contributed by atoms with Crippen LogP contribution in [-0.4, -0.2) is 26.2 Å². The molecule has 0 aromatic heterocycles. The number of halogens is 1. The smallest absolute Gasteiger partial charge is 0.122 e. The zero-order chi connectivity index (χ0) is 10.4. The van der Waals surface area contributed by atoms with E-state index in [1.165, 1.54) is 0 Å². The topological polar surface area (TPSA) is 68.3 Å². The van der Waals surface area contributed by atoms with Crippen molar-refractivity contribution < 1.29 is 9.47 Å². The lowest BCUT2D eigenvalue weighted by Crippen LogP contribution is -2.10. The Morgan fingerprint density at radius 3 is 2.33 bits per heavy atom. The van der Waals surface area contributed by atoms with Crippen molar-refractivity contribution in [1.29, 1.82) is 5.41 Å². The van der Waals surface area contributed by atoms with Crippen LogP contribution in [0.3, 0.4) is 0 Å². The van der Waals surface area contributed by atoms with E-state index in [0.717, 1.165) is 5.75 Å². The first-order valence-electron chi connectivity index (χ1n) is 4.30. The standard InChI is InChI=1S/C10H14N2O2.ClH/c1-13-6-7-14-9-4-2-8(3-5-9)10(11)12;/h2-5H,6-7H2,1H3,(H3,11,12);1H. The molecule has 0 amide bonds. The van der Waals surface area contributed by atoms with Gasteiger partial charge in [-0.25, -0.2) is 0 Å². The summed E-state index contributed by atoms with van der Waals surface area (Å²) in [5, 5.41) is 7.19. The third-order valence-electron chi connectivity index (χ3n) is 1.72. The van der Waals surface area contributed by atoms with Gasteiger partial charge in [0.15, 0.2) is 0 Å². The highest BCUT2D eigenvalue weighted by Crippen LogP contribution is 2.11. The minimum Gasteiger partial charge on any atom is -0.491 e. The average Bonchev–Trinajstić information content (AvgIpc) is 2.19. The van der Waals surface area contributed by atoms with E-state index in [-0.39, 0.29) is 18.2 Å². The molecule has 1 rings (SSSR count). The second kappa shape index (κ2) is 7.09. The van der Waals surface area contributed by atoms with Crippen molar-refractivity contribution in [3.8, 4) is 5.75 Å².